The van der Waals surface area contributed by atoms with Crippen molar-refractivity contribution < 1.29 is 14.6 Å². The fourth-order valence-electron chi connectivity index (χ4n) is 2.13. The number of hydrogen-bond acceptors (Lipinski definition) is 3. The average molecular weight is 349 g/mol. The first kappa shape index (κ1) is 20.7. The monoisotopic (exact) mass is 349 g/mol. The van der Waals surface area contributed by atoms with Crippen LogP contribution in [0.1, 0.15) is 31.4 Å². The molecule has 26 heavy (non-hydrogen) atoms. The van der Waals surface area contributed by atoms with Crippen molar-refractivity contribution in [2.45, 2.75) is 26.7 Å². The molecule has 0 aliphatic heterocycles. The van der Waals surface area contributed by atoms with Crippen molar-refractivity contribution in [1.29, 1.82) is 5.26 Å². The van der Waals surface area contributed by atoms with Crippen molar-refractivity contribution in [2.75, 3.05) is 0 Å². The molecule has 4 nitrogen and oxygen atoms in total. The molecule has 2 rings (SSSR count). The number of nitrogens with zero attached hydrogens (tertiary/aromatic N) is 1. The van der Waals surface area contributed by atoms with Gasteiger partial charge in [0, 0.05) is 5.57 Å². The molecule has 0 saturated heterocycles. The minimum absolute atomic E-state index is 0.250. The van der Waals surface area contributed by atoms with Gasteiger partial charge in [0.1, 0.15) is 11.5 Å². The van der Waals surface area contributed by atoms with Crippen LogP contribution in [-0.2, 0) is 11.2 Å². The summed E-state index contributed by atoms with van der Waals surface area (Å²) in [4.78, 5) is 8.36. The summed E-state index contributed by atoms with van der Waals surface area (Å²) in [5.74, 6) is 1.61. The number of carbonyl (C=O) groups is 1. The molecule has 0 aliphatic carbocycles. The molecule has 2 aromatic carbocycles. The highest BCUT2D eigenvalue weighted by Gasteiger charge is 1.98. The first-order chi connectivity index (χ1) is 12.6. The molecule has 0 radical (unpaired) electrons. The first-order valence-electron chi connectivity index (χ1n) is 8.31. The Morgan fingerprint density at radius 3 is 2.12 bits per heavy atom. The Balaban J connectivity index is 0.00000105. The van der Waals surface area contributed by atoms with E-state index in [1.807, 2.05) is 42.5 Å². The van der Waals surface area contributed by atoms with Crippen LogP contribution in [0, 0.1) is 11.3 Å². The molecule has 0 heterocycles. The first-order valence-corrected chi connectivity index (χ1v) is 8.31. The molecule has 0 amide bonds. The number of carboxylic acid groups (broad SMARTS) is 1. The lowest BCUT2D eigenvalue weighted by atomic mass is 10.1. The highest BCUT2D eigenvalue weighted by molar-refractivity contribution is 5.57. The summed E-state index contributed by atoms with van der Waals surface area (Å²) in [6.45, 7) is 3.68. The fourth-order valence-corrected chi connectivity index (χ4v) is 2.13. The van der Waals surface area contributed by atoms with Crippen molar-refractivity contribution >= 4 is 12.5 Å². The van der Waals surface area contributed by atoms with Gasteiger partial charge in [-0.2, -0.15) is 5.26 Å². The van der Waals surface area contributed by atoms with E-state index in [1.54, 1.807) is 6.92 Å². The number of rotatable bonds is 6. The smallest absolute Gasteiger partial charge is 0.290 e. The molecule has 0 atom stereocenters. The summed E-state index contributed by atoms with van der Waals surface area (Å²) in [7, 11) is 0. The molecule has 0 saturated carbocycles. The molecule has 2 aromatic rings. The Labute approximate surface area is 154 Å². The molecule has 0 bridgehead atoms. The van der Waals surface area contributed by atoms with Crippen LogP contribution >= 0.6 is 0 Å². The number of benzene rings is 2. The van der Waals surface area contributed by atoms with Crippen LogP contribution in [0.15, 0.2) is 66.3 Å². The molecular formula is C22H23NO3. The quantitative estimate of drug-likeness (QED) is 0.418. The largest absolute Gasteiger partial charge is 0.483 e. The SMILES string of the molecule is CC/C=C/Cc1ccc(Oc2ccc(/C=C(/C)C#N)cc2)cc1.O=CO. The molecular weight excluding hydrogens is 326 g/mol. The fraction of sp³-hybridized carbons (Fsp3) is 0.182. The normalized spacial score (nSPS) is 10.6. The molecule has 0 fully saturated rings. The zero-order valence-corrected chi connectivity index (χ0v) is 15.1. The third-order valence-electron chi connectivity index (χ3n) is 3.35. The van der Waals surface area contributed by atoms with E-state index in [1.165, 1.54) is 5.56 Å². The van der Waals surface area contributed by atoms with Crippen LogP contribution in [0.2, 0.25) is 0 Å². The Kier molecular flexibility index (Phi) is 9.65. The third kappa shape index (κ3) is 7.98. The number of nitriles is 1. The van der Waals surface area contributed by atoms with Gasteiger partial charge in [0.15, 0.2) is 0 Å². The van der Waals surface area contributed by atoms with E-state index < -0.39 is 0 Å². The lowest BCUT2D eigenvalue weighted by molar-refractivity contribution is -0.122. The maximum atomic E-state index is 8.79. The topological polar surface area (TPSA) is 70.3 Å². The standard InChI is InChI=1S/C21H21NO.CH2O2/c1-3-4-5-6-18-7-11-20(12-8-18)23-21-13-9-19(10-14-21)15-17(2)16-22;2-1-3/h4-5,7-15H,3,6H2,1-2H3;1H,(H,2,3)/b5-4+,17-15-;. The van der Waals surface area contributed by atoms with Gasteiger partial charge in [0.25, 0.3) is 6.47 Å². The summed E-state index contributed by atoms with van der Waals surface area (Å²) in [6.07, 6.45) is 8.23. The lowest BCUT2D eigenvalue weighted by Gasteiger charge is -2.07. The molecule has 0 unspecified atom stereocenters. The zero-order valence-electron chi connectivity index (χ0n) is 15.1. The summed E-state index contributed by atoms with van der Waals surface area (Å²) >= 11 is 0. The molecule has 0 aromatic heterocycles. The number of allylic oxidation sites excluding steroid dienone is 3. The van der Waals surface area contributed by atoms with E-state index in [2.05, 4.69) is 37.3 Å². The van der Waals surface area contributed by atoms with Gasteiger partial charge in [-0.15, -0.1) is 0 Å². The number of hydrogen-bond donors (Lipinski definition) is 1. The van der Waals surface area contributed by atoms with Crippen molar-refractivity contribution in [3.63, 3.8) is 0 Å². The van der Waals surface area contributed by atoms with Crippen molar-refractivity contribution in [2.24, 2.45) is 0 Å². The Bertz CT molecular complexity index is 767. The van der Waals surface area contributed by atoms with E-state index in [4.69, 9.17) is 19.9 Å². The van der Waals surface area contributed by atoms with E-state index in [-0.39, 0.29) is 6.47 Å². The highest BCUT2D eigenvalue weighted by Crippen LogP contribution is 2.23. The predicted octanol–water partition coefficient (Wildman–Crippen LogP) is 5.62. The van der Waals surface area contributed by atoms with Gasteiger partial charge in [-0.1, -0.05) is 43.3 Å². The third-order valence-corrected chi connectivity index (χ3v) is 3.35. The van der Waals surface area contributed by atoms with Gasteiger partial charge in [-0.05, 0) is 61.2 Å². The van der Waals surface area contributed by atoms with Crippen molar-refractivity contribution in [3.8, 4) is 17.6 Å². The minimum Gasteiger partial charge on any atom is -0.483 e. The van der Waals surface area contributed by atoms with Gasteiger partial charge in [0.2, 0.25) is 0 Å². The second-order valence-electron chi connectivity index (χ2n) is 5.44. The van der Waals surface area contributed by atoms with Gasteiger partial charge < -0.3 is 9.84 Å². The maximum absolute atomic E-state index is 8.79. The second kappa shape index (κ2) is 12.1. The van der Waals surface area contributed by atoms with Gasteiger partial charge in [-0.3, -0.25) is 4.79 Å². The lowest BCUT2D eigenvalue weighted by Crippen LogP contribution is -1.86. The van der Waals surface area contributed by atoms with Crippen LogP contribution in [-0.4, -0.2) is 11.6 Å². The maximum Gasteiger partial charge on any atom is 0.290 e. The summed E-state index contributed by atoms with van der Waals surface area (Å²) in [6, 6.07) is 18.0. The zero-order chi connectivity index (χ0) is 19.2. The van der Waals surface area contributed by atoms with E-state index in [0.717, 1.165) is 29.9 Å². The molecule has 134 valence electrons. The van der Waals surface area contributed by atoms with Gasteiger partial charge >= 0.3 is 0 Å². The van der Waals surface area contributed by atoms with Gasteiger partial charge in [-0.25, -0.2) is 0 Å². The second-order valence-corrected chi connectivity index (χ2v) is 5.44. The Morgan fingerprint density at radius 2 is 1.62 bits per heavy atom. The van der Waals surface area contributed by atoms with E-state index >= 15 is 0 Å². The Hall–Kier alpha value is -3.32. The average Bonchev–Trinajstić information content (AvgIpc) is 2.65. The van der Waals surface area contributed by atoms with Crippen LogP contribution in [0.5, 0.6) is 11.5 Å². The summed E-state index contributed by atoms with van der Waals surface area (Å²) in [5, 5.41) is 15.7. The van der Waals surface area contributed by atoms with Crippen molar-refractivity contribution in [1.82, 2.24) is 0 Å². The molecule has 1 N–H and O–H groups in total. The van der Waals surface area contributed by atoms with Crippen LogP contribution in [0.3, 0.4) is 0 Å². The van der Waals surface area contributed by atoms with E-state index in [9.17, 15) is 0 Å². The highest BCUT2D eigenvalue weighted by atomic mass is 16.5. The minimum atomic E-state index is -0.250. The molecule has 4 heteroatoms. The van der Waals surface area contributed by atoms with Crippen LogP contribution in [0.4, 0.5) is 0 Å². The Morgan fingerprint density at radius 1 is 1.08 bits per heavy atom. The predicted molar refractivity (Wildman–Crippen MR) is 104 cm³/mol. The number of ether oxygens (including phenoxy) is 1. The molecule has 0 aliphatic rings. The van der Waals surface area contributed by atoms with E-state index in [0.29, 0.717) is 5.57 Å². The van der Waals surface area contributed by atoms with Crippen molar-refractivity contribution in [3.05, 3.63) is 77.4 Å². The summed E-state index contributed by atoms with van der Waals surface area (Å²) in [5.41, 5.74) is 2.95. The van der Waals surface area contributed by atoms with Gasteiger partial charge in [0.05, 0.1) is 6.07 Å². The summed E-state index contributed by atoms with van der Waals surface area (Å²) < 4.78 is 5.84. The van der Waals surface area contributed by atoms with Crippen LogP contribution < -0.4 is 4.74 Å². The van der Waals surface area contributed by atoms with Crippen LogP contribution in [0.25, 0.3) is 6.08 Å². The molecule has 0 spiro atoms.